The van der Waals surface area contributed by atoms with Gasteiger partial charge in [0, 0.05) is 23.9 Å². The summed E-state index contributed by atoms with van der Waals surface area (Å²) in [6, 6.07) is 5.67. The van der Waals surface area contributed by atoms with Gasteiger partial charge in [0.2, 0.25) is 5.89 Å². The molecule has 0 saturated heterocycles. The van der Waals surface area contributed by atoms with Crippen LogP contribution in [0, 0.1) is 25.5 Å². The number of aryl methyl sites for hydroxylation is 2. The van der Waals surface area contributed by atoms with Crippen LogP contribution in [0.2, 0.25) is 0 Å². The first-order valence-electron chi connectivity index (χ1n) is 6.50. The van der Waals surface area contributed by atoms with E-state index in [1.807, 2.05) is 32.0 Å². The lowest BCUT2D eigenvalue weighted by Crippen LogP contribution is -1.96. The van der Waals surface area contributed by atoms with Crippen LogP contribution in [0.3, 0.4) is 0 Å². The number of hydrogen-bond donors (Lipinski definition) is 0. The number of aromatic nitrogens is 2. The molecule has 0 amide bonds. The average Bonchev–Trinajstić information content (AvgIpc) is 2.88. The van der Waals surface area contributed by atoms with Crippen LogP contribution in [0.5, 0.6) is 5.75 Å². The number of benzene rings is 1. The Labute approximate surface area is 126 Å². The summed E-state index contributed by atoms with van der Waals surface area (Å²) >= 11 is 5.21. The second kappa shape index (κ2) is 5.29. The maximum absolute atomic E-state index is 5.65. The van der Waals surface area contributed by atoms with Gasteiger partial charge < -0.3 is 13.6 Å². The SMILES string of the molecule is Cc1nnc(COc2ccc3c(C)c(C)c(=S)oc3c2)o1. The van der Waals surface area contributed by atoms with E-state index < -0.39 is 0 Å². The molecule has 0 radical (unpaired) electrons. The molecule has 0 aliphatic carbocycles. The third-order valence-electron chi connectivity index (χ3n) is 3.36. The Morgan fingerprint density at radius 2 is 1.90 bits per heavy atom. The molecular formula is C15H14N2O3S. The highest BCUT2D eigenvalue weighted by Crippen LogP contribution is 2.27. The summed E-state index contributed by atoms with van der Waals surface area (Å²) in [5, 5.41) is 8.66. The molecule has 2 aromatic heterocycles. The summed E-state index contributed by atoms with van der Waals surface area (Å²) in [4.78, 5) is 0. The van der Waals surface area contributed by atoms with Gasteiger partial charge in [-0.25, -0.2) is 0 Å². The van der Waals surface area contributed by atoms with Gasteiger partial charge in [0.05, 0.1) is 0 Å². The minimum absolute atomic E-state index is 0.220. The van der Waals surface area contributed by atoms with E-state index >= 15 is 0 Å². The van der Waals surface area contributed by atoms with E-state index in [4.69, 9.17) is 25.8 Å². The van der Waals surface area contributed by atoms with Gasteiger partial charge in [-0.05, 0) is 43.8 Å². The van der Waals surface area contributed by atoms with Crippen molar-refractivity contribution in [3.05, 3.63) is 45.8 Å². The van der Waals surface area contributed by atoms with Crippen LogP contribution in [0.25, 0.3) is 11.0 Å². The van der Waals surface area contributed by atoms with Crippen molar-refractivity contribution < 1.29 is 13.6 Å². The third-order valence-corrected chi connectivity index (χ3v) is 3.75. The van der Waals surface area contributed by atoms with E-state index in [0.717, 1.165) is 16.5 Å². The lowest BCUT2D eigenvalue weighted by atomic mass is 10.1. The molecule has 0 saturated carbocycles. The van der Waals surface area contributed by atoms with Gasteiger partial charge >= 0.3 is 0 Å². The molecule has 0 aliphatic rings. The summed E-state index contributed by atoms with van der Waals surface area (Å²) in [5.41, 5.74) is 2.83. The smallest absolute Gasteiger partial charge is 0.253 e. The topological polar surface area (TPSA) is 61.3 Å². The molecule has 0 bridgehead atoms. The van der Waals surface area contributed by atoms with Gasteiger partial charge in [0.1, 0.15) is 11.3 Å². The molecule has 21 heavy (non-hydrogen) atoms. The number of nitrogens with zero attached hydrogens (tertiary/aromatic N) is 2. The predicted octanol–water partition coefficient (Wildman–Crippen LogP) is 4.05. The first kappa shape index (κ1) is 13.8. The quantitative estimate of drug-likeness (QED) is 0.680. The maximum Gasteiger partial charge on any atom is 0.253 e. The van der Waals surface area contributed by atoms with Crippen molar-refractivity contribution in [1.82, 2.24) is 10.2 Å². The minimum Gasteiger partial charge on any atom is -0.484 e. The predicted molar refractivity (Wildman–Crippen MR) is 79.9 cm³/mol. The van der Waals surface area contributed by atoms with Gasteiger partial charge in [0.15, 0.2) is 11.3 Å². The zero-order valence-electron chi connectivity index (χ0n) is 12.0. The number of fused-ring (bicyclic) bond motifs is 1. The van der Waals surface area contributed by atoms with Crippen LogP contribution in [-0.4, -0.2) is 10.2 Å². The van der Waals surface area contributed by atoms with Crippen LogP contribution in [0.1, 0.15) is 22.9 Å². The van der Waals surface area contributed by atoms with Crippen molar-refractivity contribution in [3.8, 4) is 5.75 Å². The highest BCUT2D eigenvalue weighted by atomic mass is 32.1. The van der Waals surface area contributed by atoms with Crippen molar-refractivity contribution >= 4 is 23.2 Å². The van der Waals surface area contributed by atoms with Gasteiger partial charge in [-0.2, -0.15) is 0 Å². The fraction of sp³-hybridized carbons (Fsp3) is 0.267. The van der Waals surface area contributed by atoms with Crippen molar-refractivity contribution in [2.75, 3.05) is 0 Å². The molecule has 0 fully saturated rings. The standard InChI is InChI=1S/C15H14N2O3S/c1-8-9(2)15(21)20-13-6-11(4-5-12(8)13)18-7-14-17-16-10(3)19-14/h4-6H,7H2,1-3H3. The largest absolute Gasteiger partial charge is 0.484 e. The zero-order chi connectivity index (χ0) is 15.0. The normalized spacial score (nSPS) is 11.0. The molecule has 2 heterocycles. The lowest BCUT2D eigenvalue weighted by Gasteiger charge is -2.08. The Morgan fingerprint density at radius 1 is 1.10 bits per heavy atom. The molecule has 0 N–H and O–H groups in total. The van der Waals surface area contributed by atoms with Gasteiger partial charge in [-0.3, -0.25) is 0 Å². The zero-order valence-corrected chi connectivity index (χ0v) is 12.8. The van der Waals surface area contributed by atoms with Crippen molar-refractivity contribution in [3.63, 3.8) is 0 Å². The monoisotopic (exact) mass is 302 g/mol. The first-order chi connectivity index (χ1) is 10.0. The van der Waals surface area contributed by atoms with Crippen LogP contribution in [0.4, 0.5) is 0 Å². The van der Waals surface area contributed by atoms with E-state index in [0.29, 0.717) is 27.8 Å². The van der Waals surface area contributed by atoms with Gasteiger partial charge in [-0.1, -0.05) is 0 Å². The van der Waals surface area contributed by atoms with Crippen molar-refractivity contribution in [2.24, 2.45) is 0 Å². The fourth-order valence-electron chi connectivity index (χ4n) is 2.06. The lowest BCUT2D eigenvalue weighted by molar-refractivity contribution is 0.260. The second-order valence-corrected chi connectivity index (χ2v) is 5.17. The molecule has 1 aromatic carbocycles. The molecule has 108 valence electrons. The van der Waals surface area contributed by atoms with Crippen LogP contribution < -0.4 is 4.74 Å². The van der Waals surface area contributed by atoms with E-state index in [1.165, 1.54) is 0 Å². The van der Waals surface area contributed by atoms with Crippen LogP contribution in [-0.2, 0) is 6.61 Å². The molecule has 0 spiro atoms. The third kappa shape index (κ3) is 2.67. The van der Waals surface area contributed by atoms with Gasteiger partial charge in [-0.15, -0.1) is 10.2 Å². The second-order valence-electron chi connectivity index (χ2n) is 4.80. The molecule has 0 atom stereocenters. The maximum atomic E-state index is 5.65. The summed E-state index contributed by atoms with van der Waals surface area (Å²) in [6.07, 6.45) is 0. The van der Waals surface area contributed by atoms with E-state index in [9.17, 15) is 0 Å². The minimum atomic E-state index is 0.220. The summed E-state index contributed by atoms with van der Waals surface area (Å²) in [7, 11) is 0. The Bertz CT molecular complexity index is 867. The first-order valence-corrected chi connectivity index (χ1v) is 6.91. The molecular weight excluding hydrogens is 288 g/mol. The molecule has 6 heteroatoms. The number of rotatable bonds is 3. The molecule has 5 nitrogen and oxygen atoms in total. The Morgan fingerprint density at radius 3 is 2.62 bits per heavy atom. The number of hydrogen-bond acceptors (Lipinski definition) is 6. The van der Waals surface area contributed by atoms with Gasteiger partial charge in [0.25, 0.3) is 5.89 Å². The van der Waals surface area contributed by atoms with Crippen LogP contribution in [0.15, 0.2) is 27.0 Å². The Hall–Kier alpha value is -2.21. The van der Waals surface area contributed by atoms with E-state index in [2.05, 4.69) is 10.2 Å². The fourth-order valence-corrected chi connectivity index (χ4v) is 2.30. The van der Waals surface area contributed by atoms with E-state index in [-0.39, 0.29) is 6.61 Å². The summed E-state index contributed by atoms with van der Waals surface area (Å²) < 4.78 is 17.1. The highest BCUT2D eigenvalue weighted by Gasteiger charge is 2.08. The summed E-state index contributed by atoms with van der Waals surface area (Å²) in [5.74, 6) is 1.62. The molecule has 3 aromatic rings. The average molecular weight is 302 g/mol. The molecule has 0 aliphatic heterocycles. The van der Waals surface area contributed by atoms with Crippen molar-refractivity contribution in [2.45, 2.75) is 27.4 Å². The Balaban J connectivity index is 1.90. The Kier molecular flexibility index (Phi) is 3.47. The van der Waals surface area contributed by atoms with Crippen molar-refractivity contribution in [1.29, 1.82) is 0 Å². The summed E-state index contributed by atoms with van der Waals surface area (Å²) in [6.45, 7) is 5.95. The van der Waals surface area contributed by atoms with E-state index in [1.54, 1.807) is 6.92 Å². The highest BCUT2D eigenvalue weighted by molar-refractivity contribution is 7.71. The number of ether oxygens (including phenoxy) is 1. The molecule has 3 rings (SSSR count). The van der Waals surface area contributed by atoms with Crippen LogP contribution >= 0.6 is 12.2 Å². The molecule has 0 unspecified atom stereocenters.